The van der Waals surface area contributed by atoms with Gasteiger partial charge >= 0.3 is 0 Å². The van der Waals surface area contributed by atoms with Crippen molar-refractivity contribution in [2.24, 2.45) is 5.92 Å². The molecule has 2 unspecified atom stereocenters. The van der Waals surface area contributed by atoms with Crippen LogP contribution in [0.4, 0.5) is 0 Å². The van der Waals surface area contributed by atoms with Gasteiger partial charge in [-0.2, -0.15) is 0 Å². The quantitative estimate of drug-likeness (QED) is 0.796. The zero-order chi connectivity index (χ0) is 15.1. The molecule has 0 amide bonds. The second kappa shape index (κ2) is 8.40. The number of rotatable bonds is 8. The molecule has 1 heterocycles. The Morgan fingerprint density at radius 1 is 1.14 bits per heavy atom. The van der Waals surface area contributed by atoms with Crippen molar-refractivity contribution in [3.8, 4) is 5.75 Å². The number of nitrogens with one attached hydrogen (secondary N) is 1. The van der Waals surface area contributed by atoms with Gasteiger partial charge in [-0.25, -0.2) is 0 Å². The molecule has 0 radical (unpaired) electrons. The van der Waals surface area contributed by atoms with Crippen LogP contribution >= 0.6 is 0 Å². The number of methoxy groups -OCH3 is 1. The van der Waals surface area contributed by atoms with Gasteiger partial charge in [-0.1, -0.05) is 19.1 Å². The lowest BCUT2D eigenvalue weighted by Crippen LogP contribution is -2.36. The Morgan fingerprint density at radius 3 is 2.43 bits per heavy atom. The molecule has 1 aromatic rings. The van der Waals surface area contributed by atoms with E-state index in [-0.39, 0.29) is 0 Å². The first-order chi connectivity index (χ1) is 10.2. The maximum absolute atomic E-state index is 5.20. The standard InChI is InChI=1S/C18H30N2O/c1-15(14-20-10-4-5-11-20)13-19-16(2)12-17-6-8-18(21-3)9-7-17/h6-9,15-16,19H,4-5,10-14H2,1-3H3. The van der Waals surface area contributed by atoms with Crippen molar-refractivity contribution in [1.82, 2.24) is 10.2 Å². The molecule has 1 N–H and O–H groups in total. The van der Waals surface area contributed by atoms with Crippen LogP contribution in [0.2, 0.25) is 0 Å². The Balaban J connectivity index is 1.67. The summed E-state index contributed by atoms with van der Waals surface area (Å²) in [6.45, 7) is 9.56. The molecule has 1 saturated heterocycles. The van der Waals surface area contributed by atoms with Crippen LogP contribution < -0.4 is 10.1 Å². The van der Waals surface area contributed by atoms with Gasteiger partial charge in [-0.15, -0.1) is 0 Å². The summed E-state index contributed by atoms with van der Waals surface area (Å²) in [5.41, 5.74) is 1.36. The summed E-state index contributed by atoms with van der Waals surface area (Å²) in [5, 5.41) is 3.68. The molecule has 1 aliphatic heterocycles. The molecule has 0 spiro atoms. The van der Waals surface area contributed by atoms with E-state index < -0.39 is 0 Å². The van der Waals surface area contributed by atoms with Crippen LogP contribution in [0, 0.1) is 5.92 Å². The summed E-state index contributed by atoms with van der Waals surface area (Å²) in [4.78, 5) is 2.60. The minimum atomic E-state index is 0.513. The SMILES string of the molecule is COc1ccc(CC(C)NCC(C)CN2CCCC2)cc1. The fourth-order valence-corrected chi connectivity index (χ4v) is 3.06. The fraction of sp³-hybridized carbons (Fsp3) is 0.667. The Hall–Kier alpha value is -1.06. The minimum Gasteiger partial charge on any atom is -0.497 e. The van der Waals surface area contributed by atoms with Gasteiger partial charge in [0.05, 0.1) is 7.11 Å². The molecule has 3 nitrogen and oxygen atoms in total. The van der Waals surface area contributed by atoms with E-state index in [1.165, 1.54) is 38.0 Å². The van der Waals surface area contributed by atoms with E-state index in [1.54, 1.807) is 7.11 Å². The first-order valence-corrected chi connectivity index (χ1v) is 8.26. The Morgan fingerprint density at radius 2 is 1.81 bits per heavy atom. The number of likely N-dealkylation sites (tertiary alicyclic amines) is 1. The van der Waals surface area contributed by atoms with Crippen LogP contribution in [0.25, 0.3) is 0 Å². The van der Waals surface area contributed by atoms with Crippen LogP contribution in [-0.4, -0.2) is 44.2 Å². The third kappa shape index (κ3) is 5.68. The zero-order valence-electron chi connectivity index (χ0n) is 13.8. The Kier molecular flexibility index (Phi) is 6.52. The van der Waals surface area contributed by atoms with Gasteiger partial charge in [-0.3, -0.25) is 0 Å². The van der Waals surface area contributed by atoms with Crippen molar-refractivity contribution in [2.75, 3.05) is 33.3 Å². The highest BCUT2D eigenvalue weighted by Gasteiger charge is 2.15. The third-order valence-electron chi connectivity index (χ3n) is 4.28. The lowest BCUT2D eigenvalue weighted by molar-refractivity contribution is 0.278. The van der Waals surface area contributed by atoms with Crippen LogP contribution in [0.15, 0.2) is 24.3 Å². The summed E-state index contributed by atoms with van der Waals surface area (Å²) >= 11 is 0. The van der Waals surface area contributed by atoms with Gasteiger partial charge in [0, 0.05) is 12.6 Å². The van der Waals surface area contributed by atoms with Crippen LogP contribution in [0.5, 0.6) is 5.75 Å². The molecular formula is C18H30N2O. The van der Waals surface area contributed by atoms with Gasteiger partial charge in [0.1, 0.15) is 5.75 Å². The van der Waals surface area contributed by atoms with Crippen LogP contribution in [-0.2, 0) is 6.42 Å². The van der Waals surface area contributed by atoms with Crippen molar-refractivity contribution in [2.45, 2.75) is 39.2 Å². The molecule has 1 aromatic carbocycles. The molecular weight excluding hydrogens is 260 g/mol. The third-order valence-corrected chi connectivity index (χ3v) is 4.28. The summed E-state index contributed by atoms with van der Waals surface area (Å²) in [6.07, 6.45) is 3.84. The van der Waals surface area contributed by atoms with E-state index in [0.717, 1.165) is 24.6 Å². The highest BCUT2D eigenvalue weighted by molar-refractivity contribution is 5.27. The van der Waals surface area contributed by atoms with E-state index in [0.29, 0.717) is 6.04 Å². The summed E-state index contributed by atoms with van der Waals surface area (Å²) < 4.78 is 5.20. The minimum absolute atomic E-state index is 0.513. The highest BCUT2D eigenvalue weighted by Crippen LogP contribution is 2.13. The summed E-state index contributed by atoms with van der Waals surface area (Å²) in [5.74, 6) is 1.65. The van der Waals surface area contributed by atoms with Crippen LogP contribution in [0.1, 0.15) is 32.3 Å². The van der Waals surface area contributed by atoms with Crippen molar-refractivity contribution >= 4 is 0 Å². The van der Waals surface area contributed by atoms with Crippen molar-refractivity contribution in [1.29, 1.82) is 0 Å². The molecule has 0 saturated carbocycles. The summed E-state index contributed by atoms with van der Waals surface area (Å²) in [6, 6.07) is 8.91. The molecule has 2 rings (SSSR count). The number of hydrogen-bond donors (Lipinski definition) is 1. The van der Waals surface area contributed by atoms with Gasteiger partial charge in [0.15, 0.2) is 0 Å². The first-order valence-electron chi connectivity index (χ1n) is 8.26. The van der Waals surface area contributed by atoms with Crippen molar-refractivity contribution in [3.63, 3.8) is 0 Å². The first kappa shape index (κ1) is 16.3. The molecule has 2 atom stereocenters. The zero-order valence-corrected chi connectivity index (χ0v) is 13.8. The average Bonchev–Trinajstić information content (AvgIpc) is 2.99. The highest BCUT2D eigenvalue weighted by atomic mass is 16.5. The maximum atomic E-state index is 5.20. The van der Waals surface area contributed by atoms with Gasteiger partial charge in [0.2, 0.25) is 0 Å². The lowest BCUT2D eigenvalue weighted by atomic mass is 10.1. The molecule has 0 aliphatic carbocycles. The van der Waals surface area contributed by atoms with Crippen molar-refractivity contribution in [3.05, 3.63) is 29.8 Å². The molecule has 21 heavy (non-hydrogen) atoms. The van der Waals surface area contributed by atoms with E-state index in [2.05, 4.69) is 36.2 Å². The van der Waals surface area contributed by atoms with Gasteiger partial charge in [0.25, 0.3) is 0 Å². The molecule has 1 aliphatic rings. The van der Waals surface area contributed by atoms with Crippen molar-refractivity contribution < 1.29 is 4.74 Å². The lowest BCUT2D eigenvalue weighted by Gasteiger charge is -2.22. The number of benzene rings is 1. The molecule has 0 aromatic heterocycles. The maximum Gasteiger partial charge on any atom is 0.118 e. The second-order valence-electron chi connectivity index (χ2n) is 6.47. The largest absolute Gasteiger partial charge is 0.497 e. The van der Waals surface area contributed by atoms with E-state index >= 15 is 0 Å². The van der Waals surface area contributed by atoms with Crippen LogP contribution in [0.3, 0.4) is 0 Å². The second-order valence-corrected chi connectivity index (χ2v) is 6.47. The molecule has 3 heteroatoms. The number of hydrogen-bond acceptors (Lipinski definition) is 3. The van der Waals surface area contributed by atoms with Gasteiger partial charge in [-0.05, 0) is 69.4 Å². The number of ether oxygens (including phenoxy) is 1. The Labute approximate surface area is 129 Å². The normalized spacial score (nSPS) is 18.6. The van der Waals surface area contributed by atoms with E-state index in [9.17, 15) is 0 Å². The average molecular weight is 290 g/mol. The fourth-order valence-electron chi connectivity index (χ4n) is 3.06. The van der Waals surface area contributed by atoms with E-state index in [4.69, 9.17) is 4.74 Å². The topological polar surface area (TPSA) is 24.5 Å². The Bertz CT molecular complexity index is 398. The monoisotopic (exact) mass is 290 g/mol. The van der Waals surface area contributed by atoms with Gasteiger partial charge < -0.3 is 15.0 Å². The molecule has 1 fully saturated rings. The number of nitrogens with zero attached hydrogens (tertiary/aromatic N) is 1. The summed E-state index contributed by atoms with van der Waals surface area (Å²) in [7, 11) is 1.71. The molecule has 118 valence electrons. The molecule has 0 bridgehead atoms. The predicted octanol–water partition coefficient (Wildman–Crippen LogP) is 2.95. The van der Waals surface area contributed by atoms with E-state index in [1.807, 2.05) is 12.1 Å². The smallest absolute Gasteiger partial charge is 0.118 e. The predicted molar refractivity (Wildman–Crippen MR) is 89.0 cm³/mol.